The molecule has 6 rings (SSSR count). The molecule has 0 amide bonds. The molecule has 43 heavy (non-hydrogen) atoms. The van der Waals surface area contributed by atoms with Gasteiger partial charge in [0.1, 0.15) is 12.4 Å². The molecule has 3 unspecified atom stereocenters. The van der Waals surface area contributed by atoms with Crippen LogP contribution in [0.15, 0.2) is 24.3 Å². The molecule has 0 radical (unpaired) electrons. The number of allylic oxidation sites excluding steroid dienone is 2. The van der Waals surface area contributed by atoms with Crippen LogP contribution in [0.2, 0.25) is 5.02 Å². The minimum atomic E-state index is -4.58. The number of aromatic nitrogens is 2. The highest BCUT2D eigenvalue weighted by molar-refractivity contribution is 6.34. The number of rotatable bonds is 7. The van der Waals surface area contributed by atoms with Crippen LogP contribution in [0.25, 0.3) is 5.57 Å². The van der Waals surface area contributed by atoms with Crippen molar-refractivity contribution in [2.24, 2.45) is 11.8 Å². The summed E-state index contributed by atoms with van der Waals surface area (Å²) in [5, 5.41) is 27.8. The third kappa shape index (κ3) is 5.40. The summed E-state index contributed by atoms with van der Waals surface area (Å²) in [6.07, 6.45) is -3.35. The summed E-state index contributed by atoms with van der Waals surface area (Å²) < 4.78 is 63.0. The second kappa shape index (κ2) is 11.3. The minimum absolute atomic E-state index is 0.0682. The number of alkyl halides is 4. The van der Waals surface area contributed by atoms with Gasteiger partial charge in [0.05, 0.1) is 52.6 Å². The number of aliphatic carboxylic acids is 1. The van der Waals surface area contributed by atoms with Gasteiger partial charge in [-0.3, -0.25) is 14.9 Å². The first-order valence-corrected chi connectivity index (χ1v) is 14.9. The number of carboxylic acid groups (broad SMARTS) is 1. The summed E-state index contributed by atoms with van der Waals surface area (Å²) in [5.41, 5.74) is -0.153. The number of hydrogen-bond donors (Lipinski definition) is 3. The first-order valence-electron chi connectivity index (χ1n) is 14.5. The van der Waals surface area contributed by atoms with Crippen molar-refractivity contribution in [3.8, 4) is 0 Å². The van der Waals surface area contributed by atoms with Gasteiger partial charge in [0.25, 0.3) is 5.91 Å². The van der Waals surface area contributed by atoms with E-state index in [2.05, 4.69) is 10.4 Å². The van der Waals surface area contributed by atoms with Gasteiger partial charge in [-0.15, -0.1) is 0 Å². The number of nitrogens with one attached hydrogen (secondary N) is 1. The fraction of sp³-hybridized carbons (Fsp3) is 0.567. The van der Waals surface area contributed by atoms with Crippen LogP contribution in [-0.2, 0) is 27.8 Å². The maximum absolute atomic E-state index is 14.2. The number of carboxylic acids is 1. The van der Waals surface area contributed by atoms with E-state index < -0.39 is 53.7 Å². The first kappa shape index (κ1) is 30.2. The van der Waals surface area contributed by atoms with Gasteiger partial charge in [-0.25, -0.2) is 4.39 Å². The van der Waals surface area contributed by atoms with E-state index in [1.54, 1.807) is 6.08 Å². The maximum atomic E-state index is 14.2. The number of ether oxygens (including phenoxy) is 1. The summed E-state index contributed by atoms with van der Waals surface area (Å²) in [6, 6.07) is 3.39. The lowest BCUT2D eigenvalue weighted by atomic mass is 9.82. The van der Waals surface area contributed by atoms with Gasteiger partial charge in [0.2, 0.25) is 0 Å². The van der Waals surface area contributed by atoms with E-state index in [-0.39, 0.29) is 48.6 Å². The normalized spacial score (nSPS) is 27.3. The average Bonchev–Trinajstić information content (AvgIpc) is 3.59. The Morgan fingerprint density at radius 1 is 1.19 bits per heavy atom. The first-order chi connectivity index (χ1) is 20.4. The van der Waals surface area contributed by atoms with Crippen LogP contribution in [0.5, 0.6) is 0 Å². The molecule has 1 saturated heterocycles. The molecule has 8 nitrogen and oxygen atoms in total. The molecule has 1 aromatic carbocycles. The van der Waals surface area contributed by atoms with Gasteiger partial charge in [-0.2, -0.15) is 23.0 Å². The SMILES string of the molecule is O=C(O)C1CC=C(c2nn(C(=O)c3c(Cl)cccc3C3(C(F)(F)F)CC3)c3c2CCC(C(O)N[C@@H]2COC[C@@H]2F)C3)CC1. The molecule has 0 spiro atoms. The quantitative estimate of drug-likeness (QED) is 0.298. The van der Waals surface area contributed by atoms with Gasteiger partial charge in [0, 0.05) is 11.5 Å². The van der Waals surface area contributed by atoms with Crippen LogP contribution in [0.1, 0.15) is 71.4 Å². The minimum Gasteiger partial charge on any atom is -0.481 e. The molecule has 3 aliphatic carbocycles. The Labute approximate surface area is 250 Å². The zero-order chi connectivity index (χ0) is 30.7. The number of nitrogens with zero attached hydrogens (tertiary/aromatic N) is 2. The molecule has 4 aliphatic rings. The Balaban J connectivity index is 1.39. The highest BCUT2D eigenvalue weighted by atomic mass is 35.5. The Bertz CT molecular complexity index is 1470. The fourth-order valence-electron chi connectivity index (χ4n) is 6.72. The molecule has 13 heteroatoms. The molecule has 3 N–H and O–H groups in total. The van der Waals surface area contributed by atoms with Gasteiger partial charge in [-0.1, -0.05) is 29.8 Å². The maximum Gasteiger partial charge on any atom is 0.398 e. The predicted molar refractivity (Wildman–Crippen MR) is 147 cm³/mol. The number of halogens is 5. The van der Waals surface area contributed by atoms with E-state index >= 15 is 0 Å². The summed E-state index contributed by atoms with van der Waals surface area (Å²) in [5.74, 6) is -2.66. The molecule has 2 fully saturated rings. The van der Waals surface area contributed by atoms with Crippen LogP contribution in [0.4, 0.5) is 17.6 Å². The zero-order valence-electron chi connectivity index (χ0n) is 23.2. The van der Waals surface area contributed by atoms with Crippen LogP contribution in [0, 0.1) is 11.8 Å². The van der Waals surface area contributed by atoms with Crippen LogP contribution in [-0.4, -0.2) is 69.7 Å². The number of aliphatic hydroxyl groups is 1. The van der Waals surface area contributed by atoms with Crippen LogP contribution in [0.3, 0.4) is 0 Å². The van der Waals surface area contributed by atoms with Crippen molar-refractivity contribution < 1.29 is 42.1 Å². The summed E-state index contributed by atoms with van der Waals surface area (Å²) >= 11 is 6.44. The van der Waals surface area contributed by atoms with Gasteiger partial charge in [0.15, 0.2) is 0 Å². The number of fused-ring (bicyclic) bond motifs is 1. The molecule has 1 aliphatic heterocycles. The zero-order valence-corrected chi connectivity index (χ0v) is 23.9. The predicted octanol–water partition coefficient (Wildman–Crippen LogP) is 4.84. The van der Waals surface area contributed by atoms with E-state index in [4.69, 9.17) is 16.3 Å². The van der Waals surface area contributed by atoms with Gasteiger partial charge >= 0.3 is 12.1 Å². The molecule has 2 aromatic rings. The second-order valence-electron chi connectivity index (χ2n) is 12.0. The van der Waals surface area contributed by atoms with Crippen molar-refractivity contribution in [2.75, 3.05) is 13.2 Å². The molecular formula is C30H32ClF4N3O5. The van der Waals surface area contributed by atoms with Crippen molar-refractivity contribution in [3.05, 3.63) is 57.4 Å². The number of carbonyl (C=O) groups is 2. The monoisotopic (exact) mass is 625 g/mol. The highest BCUT2D eigenvalue weighted by Gasteiger charge is 2.65. The summed E-state index contributed by atoms with van der Waals surface area (Å²) in [4.78, 5) is 25.7. The number of carbonyl (C=O) groups excluding carboxylic acids is 1. The lowest BCUT2D eigenvalue weighted by molar-refractivity contribution is -0.160. The third-order valence-corrected chi connectivity index (χ3v) is 9.76. The standard InChI is InChI=1S/C30H32ClF4N3O5/c31-20-3-1-2-19(29(10-11-29)30(33,34)35)24(20)27(40)38-23-12-17(26(39)36-22-14-43-13-21(22)32)8-9-18(23)25(37-38)15-4-6-16(7-5-15)28(41)42/h1-4,16-17,21-22,26,36,39H,5-14H2,(H,41,42)/t16?,17?,21-,22+,26?/m0/s1. The lowest BCUT2D eigenvalue weighted by Gasteiger charge is -2.30. The smallest absolute Gasteiger partial charge is 0.398 e. The van der Waals surface area contributed by atoms with Crippen molar-refractivity contribution in [2.45, 2.75) is 81.4 Å². The second-order valence-corrected chi connectivity index (χ2v) is 12.5. The van der Waals surface area contributed by atoms with E-state index in [0.717, 1.165) is 15.8 Å². The van der Waals surface area contributed by atoms with Crippen molar-refractivity contribution in [1.29, 1.82) is 0 Å². The Morgan fingerprint density at radius 3 is 2.56 bits per heavy atom. The topological polar surface area (TPSA) is 114 Å². The number of benzene rings is 1. The Morgan fingerprint density at radius 2 is 1.95 bits per heavy atom. The van der Waals surface area contributed by atoms with Crippen molar-refractivity contribution in [3.63, 3.8) is 0 Å². The van der Waals surface area contributed by atoms with Crippen molar-refractivity contribution in [1.82, 2.24) is 15.1 Å². The fourth-order valence-corrected chi connectivity index (χ4v) is 6.97. The number of aliphatic hydroxyl groups excluding tert-OH is 1. The number of hydrogen-bond acceptors (Lipinski definition) is 6. The van der Waals surface area contributed by atoms with E-state index in [1.165, 1.54) is 18.2 Å². The van der Waals surface area contributed by atoms with E-state index in [1.807, 2.05) is 0 Å². The molecule has 1 saturated carbocycles. The van der Waals surface area contributed by atoms with Crippen LogP contribution < -0.4 is 5.32 Å². The molecule has 0 bridgehead atoms. The largest absolute Gasteiger partial charge is 0.481 e. The summed E-state index contributed by atoms with van der Waals surface area (Å²) in [7, 11) is 0. The highest BCUT2D eigenvalue weighted by Crippen LogP contribution is 2.60. The molecule has 5 atom stereocenters. The Kier molecular flexibility index (Phi) is 7.93. The third-order valence-electron chi connectivity index (χ3n) is 9.45. The van der Waals surface area contributed by atoms with E-state index in [0.29, 0.717) is 43.5 Å². The molecule has 232 valence electrons. The molecule has 1 aromatic heterocycles. The molecular weight excluding hydrogens is 594 g/mol. The lowest BCUT2D eigenvalue weighted by Crippen LogP contribution is -2.48. The van der Waals surface area contributed by atoms with Gasteiger partial charge in [-0.05, 0) is 68.6 Å². The molecule has 2 heterocycles. The Hall–Kier alpha value is -2.80. The van der Waals surface area contributed by atoms with E-state index in [9.17, 15) is 37.4 Å². The van der Waals surface area contributed by atoms with Gasteiger partial charge < -0.3 is 14.9 Å². The summed E-state index contributed by atoms with van der Waals surface area (Å²) in [6.45, 7) is 0.0414. The average molecular weight is 626 g/mol. The van der Waals surface area contributed by atoms with Crippen LogP contribution >= 0.6 is 11.6 Å². The van der Waals surface area contributed by atoms with Crippen molar-refractivity contribution >= 4 is 29.1 Å².